The van der Waals surface area contributed by atoms with Crippen molar-refractivity contribution in [3.8, 4) is 0 Å². The van der Waals surface area contributed by atoms with Crippen LogP contribution in [0.1, 0.15) is 36.0 Å². The van der Waals surface area contributed by atoms with Gasteiger partial charge in [0.25, 0.3) is 11.6 Å². The number of anilines is 1. The van der Waals surface area contributed by atoms with Gasteiger partial charge < -0.3 is 10.0 Å². The molecule has 1 heterocycles. The van der Waals surface area contributed by atoms with E-state index in [-0.39, 0.29) is 22.7 Å². The number of hydrazone groups is 1. The van der Waals surface area contributed by atoms with Crippen LogP contribution in [0, 0.1) is 5.92 Å². The first-order valence-corrected chi connectivity index (χ1v) is 8.14. The lowest BCUT2D eigenvalue weighted by Crippen LogP contribution is -2.61. The van der Waals surface area contributed by atoms with Crippen molar-refractivity contribution in [2.24, 2.45) is 11.0 Å². The molecule has 1 N–H and O–H groups in total. The molecule has 1 amide bonds. The Labute approximate surface area is 143 Å². The summed E-state index contributed by atoms with van der Waals surface area (Å²) >= 11 is 0. The normalized spacial score (nSPS) is 26.2. The van der Waals surface area contributed by atoms with Crippen molar-refractivity contribution in [3.63, 3.8) is 0 Å². The number of carbonyl (C=O) groups excluding carboxylic acids is 1. The fourth-order valence-electron chi connectivity index (χ4n) is 3.44. The average Bonchev–Trinajstić information content (AvgIpc) is 2.89. The zero-order valence-electron chi connectivity index (χ0n) is 14.0. The molecule has 0 saturated heterocycles. The molecule has 0 unspecified atom stereocenters. The maximum Gasteiger partial charge on any atom is 0.439 e. The minimum atomic E-state index is -4.99. The van der Waals surface area contributed by atoms with Crippen molar-refractivity contribution in [3.05, 3.63) is 29.8 Å². The van der Waals surface area contributed by atoms with Gasteiger partial charge in [-0.15, -0.1) is 0 Å². The first-order valence-electron chi connectivity index (χ1n) is 8.14. The third kappa shape index (κ3) is 2.78. The van der Waals surface area contributed by atoms with E-state index < -0.39 is 23.7 Å². The summed E-state index contributed by atoms with van der Waals surface area (Å²) in [5.74, 6) is -2.14. The van der Waals surface area contributed by atoms with Crippen LogP contribution in [-0.2, 0) is 0 Å². The van der Waals surface area contributed by atoms with Crippen molar-refractivity contribution >= 4 is 17.3 Å². The lowest BCUT2D eigenvalue weighted by Gasteiger charge is -2.38. The Kier molecular flexibility index (Phi) is 4.26. The van der Waals surface area contributed by atoms with E-state index >= 15 is 0 Å². The number of rotatable bonds is 2. The molecule has 1 aliphatic carbocycles. The molecule has 2 atom stereocenters. The van der Waals surface area contributed by atoms with Crippen molar-refractivity contribution in [2.45, 2.75) is 37.6 Å². The Balaban J connectivity index is 1.98. The number of hydrogen-bond donors (Lipinski definition) is 1. The lowest BCUT2D eigenvalue weighted by molar-refractivity contribution is -0.312. The second-order valence-electron chi connectivity index (χ2n) is 6.67. The van der Waals surface area contributed by atoms with Gasteiger partial charge in [-0.05, 0) is 43.5 Å². The summed E-state index contributed by atoms with van der Waals surface area (Å²) in [4.78, 5) is 14.5. The summed E-state index contributed by atoms with van der Waals surface area (Å²) in [7, 11) is 3.63. The van der Waals surface area contributed by atoms with Crippen LogP contribution in [0.2, 0.25) is 0 Å². The van der Waals surface area contributed by atoms with E-state index in [4.69, 9.17) is 0 Å². The molecule has 1 aromatic rings. The van der Waals surface area contributed by atoms with Crippen LogP contribution in [0.25, 0.3) is 0 Å². The number of nitrogens with zero attached hydrogens (tertiary/aromatic N) is 3. The molecule has 3 rings (SSSR count). The Morgan fingerprint density at radius 3 is 2.48 bits per heavy atom. The first-order chi connectivity index (χ1) is 11.7. The number of carbonyl (C=O) groups is 1. The summed E-state index contributed by atoms with van der Waals surface area (Å²) in [6, 6.07) is 6.15. The van der Waals surface area contributed by atoms with Gasteiger partial charge in [0.2, 0.25) is 0 Å². The van der Waals surface area contributed by atoms with Crippen molar-refractivity contribution in [2.75, 3.05) is 19.0 Å². The molecule has 1 aliphatic heterocycles. The molecule has 1 aromatic carbocycles. The van der Waals surface area contributed by atoms with E-state index in [1.165, 1.54) is 12.1 Å². The van der Waals surface area contributed by atoms with E-state index in [1.807, 2.05) is 19.0 Å². The van der Waals surface area contributed by atoms with Gasteiger partial charge in [0.1, 0.15) is 0 Å². The van der Waals surface area contributed by atoms with Gasteiger partial charge in [-0.1, -0.05) is 6.42 Å². The van der Waals surface area contributed by atoms with Gasteiger partial charge in [-0.2, -0.15) is 23.3 Å². The standard InChI is InChI=1S/C17H20F3N3O2/c1-22(2)12-9-7-11(8-10-12)15(24)23-16(25,17(18,19)20)13-5-3-4-6-14(13)21-23/h7-10,13,25H,3-6H2,1-2H3/t13-,16-/m0/s1. The van der Waals surface area contributed by atoms with Crippen LogP contribution in [0.4, 0.5) is 18.9 Å². The fourth-order valence-corrected chi connectivity index (χ4v) is 3.44. The summed E-state index contributed by atoms with van der Waals surface area (Å²) in [5, 5.41) is 14.6. The Morgan fingerprint density at radius 1 is 1.28 bits per heavy atom. The van der Waals surface area contributed by atoms with E-state index in [0.717, 1.165) is 5.69 Å². The molecule has 1 saturated carbocycles. The Morgan fingerprint density at radius 2 is 1.92 bits per heavy atom. The topological polar surface area (TPSA) is 56.1 Å². The number of halogens is 3. The molecule has 0 spiro atoms. The van der Waals surface area contributed by atoms with Gasteiger partial charge in [-0.3, -0.25) is 4.79 Å². The quantitative estimate of drug-likeness (QED) is 0.887. The minimum absolute atomic E-state index is 0.0521. The van der Waals surface area contributed by atoms with Gasteiger partial charge >= 0.3 is 6.18 Å². The van der Waals surface area contributed by atoms with Gasteiger partial charge in [-0.25, -0.2) is 0 Å². The van der Waals surface area contributed by atoms with E-state index in [0.29, 0.717) is 19.3 Å². The van der Waals surface area contributed by atoms with E-state index in [2.05, 4.69) is 5.10 Å². The summed E-state index contributed by atoms with van der Waals surface area (Å²) in [6.45, 7) is 0. The Hall–Kier alpha value is -2.09. The number of aliphatic hydroxyl groups is 1. The summed E-state index contributed by atoms with van der Waals surface area (Å²) in [5.41, 5.74) is -2.16. The lowest BCUT2D eigenvalue weighted by atomic mass is 9.80. The molecule has 25 heavy (non-hydrogen) atoms. The monoisotopic (exact) mass is 355 g/mol. The number of amides is 1. The second kappa shape index (κ2) is 6.01. The highest BCUT2D eigenvalue weighted by molar-refractivity contribution is 5.99. The summed E-state index contributed by atoms with van der Waals surface area (Å²) < 4.78 is 41.1. The predicted octanol–water partition coefficient (Wildman–Crippen LogP) is 3.01. The maximum absolute atomic E-state index is 13.7. The smallest absolute Gasteiger partial charge is 0.378 e. The largest absolute Gasteiger partial charge is 0.439 e. The molecule has 0 bridgehead atoms. The van der Waals surface area contributed by atoms with Crippen LogP contribution in [0.3, 0.4) is 0 Å². The van der Waals surface area contributed by atoms with E-state index in [9.17, 15) is 23.1 Å². The van der Waals surface area contributed by atoms with Crippen LogP contribution in [-0.4, -0.2) is 47.7 Å². The third-order valence-electron chi connectivity index (χ3n) is 4.86. The molecular weight excluding hydrogens is 335 g/mol. The zero-order valence-corrected chi connectivity index (χ0v) is 14.0. The van der Waals surface area contributed by atoms with Crippen molar-refractivity contribution in [1.29, 1.82) is 0 Å². The van der Waals surface area contributed by atoms with Gasteiger partial charge in [0.05, 0.1) is 5.92 Å². The van der Waals surface area contributed by atoms with Gasteiger partial charge in [0.15, 0.2) is 0 Å². The minimum Gasteiger partial charge on any atom is -0.378 e. The number of benzene rings is 1. The van der Waals surface area contributed by atoms with Crippen LogP contribution in [0.15, 0.2) is 29.4 Å². The predicted molar refractivity (Wildman–Crippen MR) is 87.3 cm³/mol. The maximum atomic E-state index is 13.7. The first kappa shape index (κ1) is 17.7. The fraction of sp³-hybridized carbons (Fsp3) is 0.529. The number of hydrogen-bond acceptors (Lipinski definition) is 4. The SMILES string of the molecule is CN(C)c1ccc(C(=O)N2N=C3CCCC[C@@H]3[C@]2(O)C(F)(F)F)cc1. The zero-order chi connectivity index (χ0) is 18.4. The van der Waals surface area contributed by atoms with Crippen LogP contribution >= 0.6 is 0 Å². The van der Waals surface area contributed by atoms with E-state index in [1.54, 1.807) is 12.1 Å². The number of alkyl halides is 3. The van der Waals surface area contributed by atoms with Gasteiger partial charge in [0, 0.05) is 31.1 Å². The molecule has 0 radical (unpaired) electrons. The molecule has 5 nitrogen and oxygen atoms in total. The molecule has 8 heteroatoms. The second-order valence-corrected chi connectivity index (χ2v) is 6.67. The number of fused-ring (bicyclic) bond motifs is 1. The van der Waals surface area contributed by atoms with Crippen molar-refractivity contribution in [1.82, 2.24) is 5.01 Å². The average molecular weight is 355 g/mol. The Bertz CT molecular complexity index is 700. The molecule has 136 valence electrons. The molecule has 1 fully saturated rings. The molecule has 2 aliphatic rings. The van der Waals surface area contributed by atoms with Crippen molar-refractivity contribution < 1.29 is 23.1 Å². The highest BCUT2D eigenvalue weighted by atomic mass is 19.4. The highest BCUT2D eigenvalue weighted by Crippen LogP contribution is 2.48. The molecular formula is C17H20F3N3O2. The summed E-state index contributed by atoms with van der Waals surface area (Å²) in [6.07, 6.45) is -3.17. The third-order valence-corrected chi connectivity index (χ3v) is 4.86. The van der Waals surface area contributed by atoms with Crippen LogP contribution in [0.5, 0.6) is 0 Å². The molecule has 0 aromatic heterocycles. The highest BCUT2D eigenvalue weighted by Gasteiger charge is 2.68. The van der Waals surface area contributed by atoms with Crippen LogP contribution < -0.4 is 4.90 Å².